The van der Waals surface area contributed by atoms with Gasteiger partial charge < -0.3 is 9.97 Å². The topological polar surface area (TPSA) is 65.7 Å². The van der Waals surface area contributed by atoms with E-state index in [9.17, 15) is 9.59 Å². The van der Waals surface area contributed by atoms with Gasteiger partial charge in [-0.2, -0.15) is 0 Å². The van der Waals surface area contributed by atoms with Crippen LogP contribution in [-0.2, 0) is 25.7 Å². The molecule has 26 heavy (non-hydrogen) atoms. The standard InChI is InChI=1S/C22H32N2O2/c1-5-9-15-17(11-7-3)21(23-19(15)13-25)22-18(12-8-4)16(10-6-2)20(14-26)24-22/h13-14,23-24H,5-12H2,1-4H3. The van der Waals surface area contributed by atoms with E-state index in [0.717, 1.165) is 86.5 Å². The minimum Gasteiger partial charge on any atom is -0.351 e. The number of rotatable bonds is 11. The summed E-state index contributed by atoms with van der Waals surface area (Å²) < 4.78 is 0. The molecule has 0 atom stereocenters. The largest absolute Gasteiger partial charge is 0.351 e. The smallest absolute Gasteiger partial charge is 0.166 e. The Morgan fingerprint density at radius 2 is 0.885 bits per heavy atom. The van der Waals surface area contributed by atoms with Gasteiger partial charge in [0.25, 0.3) is 0 Å². The van der Waals surface area contributed by atoms with Gasteiger partial charge in [0, 0.05) is 0 Å². The molecule has 2 N–H and O–H groups in total. The number of aldehydes is 2. The fourth-order valence-corrected chi connectivity index (χ4v) is 3.95. The van der Waals surface area contributed by atoms with Crippen LogP contribution in [0.1, 0.15) is 96.6 Å². The molecule has 0 aliphatic rings. The van der Waals surface area contributed by atoms with Crippen molar-refractivity contribution in [1.29, 1.82) is 0 Å². The molecule has 0 saturated carbocycles. The number of nitrogens with one attached hydrogen (secondary N) is 2. The zero-order valence-electron chi connectivity index (χ0n) is 16.6. The van der Waals surface area contributed by atoms with Crippen molar-refractivity contribution in [3.05, 3.63) is 33.6 Å². The Labute approximate surface area is 156 Å². The van der Waals surface area contributed by atoms with Gasteiger partial charge in [0.05, 0.1) is 22.8 Å². The van der Waals surface area contributed by atoms with Gasteiger partial charge in [-0.3, -0.25) is 9.59 Å². The van der Waals surface area contributed by atoms with E-state index in [1.165, 1.54) is 11.1 Å². The molecule has 2 heterocycles. The molecule has 0 amide bonds. The van der Waals surface area contributed by atoms with Crippen LogP contribution in [0.25, 0.3) is 11.4 Å². The summed E-state index contributed by atoms with van der Waals surface area (Å²) in [5.41, 5.74) is 8.13. The van der Waals surface area contributed by atoms with E-state index < -0.39 is 0 Å². The highest BCUT2D eigenvalue weighted by atomic mass is 16.1. The predicted octanol–water partition coefficient (Wildman–Crippen LogP) is 5.44. The van der Waals surface area contributed by atoms with Crippen molar-refractivity contribution in [2.24, 2.45) is 0 Å². The van der Waals surface area contributed by atoms with E-state index in [-0.39, 0.29) is 0 Å². The number of aromatic nitrogens is 2. The Kier molecular flexibility index (Phi) is 7.43. The average molecular weight is 357 g/mol. The van der Waals surface area contributed by atoms with E-state index in [0.29, 0.717) is 11.4 Å². The van der Waals surface area contributed by atoms with Crippen LogP contribution >= 0.6 is 0 Å². The summed E-state index contributed by atoms with van der Waals surface area (Å²) in [5, 5.41) is 0. The van der Waals surface area contributed by atoms with E-state index in [1.54, 1.807) is 0 Å². The quantitative estimate of drug-likeness (QED) is 0.526. The predicted molar refractivity (Wildman–Crippen MR) is 107 cm³/mol. The fraction of sp³-hybridized carbons (Fsp3) is 0.545. The van der Waals surface area contributed by atoms with Gasteiger partial charge in [-0.25, -0.2) is 0 Å². The lowest BCUT2D eigenvalue weighted by atomic mass is 9.95. The zero-order chi connectivity index (χ0) is 19.1. The highest BCUT2D eigenvalue weighted by molar-refractivity contribution is 5.84. The van der Waals surface area contributed by atoms with Crippen molar-refractivity contribution in [2.45, 2.75) is 79.1 Å². The Morgan fingerprint density at radius 1 is 0.577 bits per heavy atom. The fourth-order valence-electron chi connectivity index (χ4n) is 3.95. The summed E-state index contributed by atoms with van der Waals surface area (Å²) in [7, 11) is 0. The molecule has 4 nitrogen and oxygen atoms in total. The lowest BCUT2D eigenvalue weighted by molar-refractivity contribution is 0.111. The summed E-state index contributed by atoms with van der Waals surface area (Å²) in [6.45, 7) is 8.60. The first-order valence-corrected chi connectivity index (χ1v) is 10.0. The molecular formula is C22H32N2O2. The van der Waals surface area contributed by atoms with E-state index >= 15 is 0 Å². The second kappa shape index (κ2) is 9.56. The number of hydrogen-bond donors (Lipinski definition) is 2. The molecule has 0 fully saturated rings. The molecule has 0 aliphatic heterocycles. The average Bonchev–Trinajstić information content (AvgIpc) is 3.15. The Morgan fingerprint density at radius 3 is 1.15 bits per heavy atom. The third kappa shape index (κ3) is 3.84. The highest BCUT2D eigenvalue weighted by Gasteiger charge is 2.23. The first-order valence-electron chi connectivity index (χ1n) is 10.0. The summed E-state index contributed by atoms with van der Waals surface area (Å²) in [6.07, 6.45) is 9.56. The van der Waals surface area contributed by atoms with Crippen LogP contribution in [0.3, 0.4) is 0 Å². The van der Waals surface area contributed by atoms with Gasteiger partial charge in [0.2, 0.25) is 0 Å². The summed E-state index contributed by atoms with van der Waals surface area (Å²) in [4.78, 5) is 30.0. The maximum atomic E-state index is 11.6. The number of carbonyl (C=O) groups is 2. The van der Waals surface area contributed by atoms with Gasteiger partial charge in [-0.15, -0.1) is 0 Å². The van der Waals surface area contributed by atoms with Crippen molar-refractivity contribution in [3.63, 3.8) is 0 Å². The molecule has 0 aliphatic carbocycles. The van der Waals surface area contributed by atoms with E-state index in [1.807, 2.05) is 0 Å². The molecule has 2 aromatic heterocycles. The van der Waals surface area contributed by atoms with Crippen LogP contribution in [0, 0.1) is 0 Å². The molecule has 0 aromatic carbocycles. The van der Waals surface area contributed by atoms with E-state index in [2.05, 4.69) is 37.7 Å². The van der Waals surface area contributed by atoms with Gasteiger partial charge >= 0.3 is 0 Å². The van der Waals surface area contributed by atoms with Crippen LogP contribution in [0.2, 0.25) is 0 Å². The Balaban J connectivity index is 2.73. The summed E-state index contributed by atoms with van der Waals surface area (Å²) >= 11 is 0. The molecule has 142 valence electrons. The van der Waals surface area contributed by atoms with Crippen LogP contribution in [-0.4, -0.2) is 22.5 Å². The molecule has 2 rings (SSSR count). The lowest BCUT2D eigenvalue weighted by Gasteiger charge is -2.09. The third-order valence-electron chi connectivity index (χ3n) is 4.99. The van der Waals surface area contributed by atoms with Crippen LogP contribution < -0.4 is 0 Å². The monoisotopic (exact) mass is 356 g/mol. The minimum absolute atomic E-state index is 0.687. The molecule has 0 unspecified atom stereocenters. The maximum Gasteiger partial charge on any atom is 0.166 e. The number of carbonyl (C=O) groups excluding carboxylic acids is 2. The second-order valence-corrected chi connectivity index (χ2v) is 6.98. The van der Waals surface area contributed by atoms with Gasteiger partial charge in [0.1, 0.15) is 0 Å². The van der Waals surface area contributed by atoms with Crippen LogP contribution in [0.4, 0.5) is 0 Å². The van der Waals surface area contributed by atoms with Crippen LogP contribution in [0.5, 0.6) is 0 Å². The van der Waals surface area contributed by atoms with Crippen molar-refractivity contribution < 1.29 is 9.59 Å². The SMILES string of the molecule is CCCc1c(C=O)[nH]c(-c2[nH]c(C=O)c(CCC)c2CCC)c1CCC. The lowest BCUT2D eigenvalue weighted by Crippen LogP contribution is -1.96. The minimum atomic E-state index is 0.687. The first kappa shape index (κ1) is 20.2. The van der Waals surface area contributed by atoms with E-state index in [4.69, 9.17) is 0 Å². The molecule has 0 saturated heterocycles. The van der Waals surface area contributed by atoms with Gasteiger partial charge in [-0.1, -0.05) is 53.4 Å². The normalized spacial score (nSPS) is 11.1. The molecular weight excluding hydrogens is 324 g/mol. The van der Waals surface area contributed by atoms with Crippen molar-refractivity contribution in [3.8, 4) is 11.4 Å². The number of aromatic amines is 2. The number of hydrogen-bond acceptors (Lipinski definition) is 2. The molecule has 2 aromatic rings. The molecule has 0 bridgehead atoms. The van der Waals surface area contributed by atoms with Crippen molar-refractivity contribution in [2.75, 3.05) is 0 Å². The van der Waals surface area contributed by atoms with Crippen LogP contribution in [0.15, 0.2) is 0 Å². The molecule has 4 heteroatoms. The number of H-pyrrole nitrogens is 2. The summed E-state index contributed by atoms with van der Waals surface area (Å²) in [6, 6.07) is 0. The van der Waals surface area contributed by atoms with Gasteiger partial charge in [0.15, 0.2) is 12.6 Å². The van der Waals surface area contributed by atoms with Crippen molar-refractivity contribution >= 4 is 12.6 Å². The Hall–Kier alpha value is -2.10. The highest BCUT2D eigenvalue weighted by Crippen LogP contribution is 2.35. The first-order chi connectivity index (χ1) is 12.7. The third-order valence-corrected chi connectivity index (χ3v) is 4.99. The molecule has 0 spiro atoms. The van der Waals surface area contributed by atoms with Gasteiger partial charge in [-0.05, 0) is 47.9 Å². The zero-order valence-corrected chi connectivity index (χ0v) is 16.6. The van der Waals surface area contributed by atoms with Crippen molar-refractivity contribution in [1.82, 2.24) is 9.97 Å². The summed E-state index contributed by atoms with van der Waals surface area (Å²) in [5.74, 6) is 0. The Bertz CT molecular complexity index is 689. The maximum absolute atomic E-state index is 11.6. The molecule has 0 radical (unpaired) electrons. The second-order valence-electron chi connectivity index (χ2n) is 6.98.